The van der Waals surface area contributed by atoms with Crippen molar-refractivity contribution in [2.75, 3.05) is 12.4 Å². The lowest BCUT2D eigenvalue weighted by molar-refractivity contribution is 0.187. The number of amides is 1. The van der Waals surface area contributed by atoms with Gasteiger partial charge in [-0.25, -0.2) is 4.79 Å². The van der Waals surface area contributed by atoms with Crippen LogP contribution in [0.2, 0.25) is 0 Å². The molecule has 0 spiro atoms. The topological polar surface area (TPSA) is 38.3 Å². The van der Waals surface area contributed by atoms with Crippen molar-refractivity contribution in [2.24, 2.45) is 0 Å². The number of hydrogen-bond donors (Lipinski definition) is 1. The van der Waals surface area contributed by atoms with Crippen LogP contribution in [0.25, 0.3) is 0 Å². The lowest BCUT2D eigenvalue weighted by Gasteiger charge is -2.15. The molecule has 0 heterocycles. The predicted molar refractivity (Wildman–Crippen MR) is 63.7 cm³/mol. The molecule has 1 amide bonds. The fourth-order valence-electron chi connectivity index (χ4n) is 2.36. The van der Waals surface area contributed by atoms with E-state index in [1.165, 1.54) is 38.4 Å². The van der Waals surface area contributed by atoms with Gasteiger partial charge in [-0.05, 0) is 30.4 Å². The van der Waals surface area contributed by atoms with Gasteiger partial charge in [0.2, 0.25) is 0 Å². The summed E-state index contributed by atoms with van der Waals surface area (Å²) >= 11 is 0. The summed E-state index contributed by atoms with van der Waals surface area (Å²) < 4.78 is 4.62. The number of benzene rings is 1. The minimum absolute atomic E-state index is 0.398. The Morgan fingerprint density at radius 3 is 2.69 bits per heavy atom. The van der Waals surface area contributed by atoms with Crippen molar-refractivity contribution in [3.05, 3.63) is 29.8 Å². The quantitative estimate of drug-likeness (QED) is 0.826. The molecule has 1 aromatic carbocycles. The van der Waals surface area contributed by atoms with E-state index in [0.717, 1.165) is 5.69 Å². The Balaban J connectivity index is 2.19. The molecule has 1 aliphatic carbocycles. The molecule has 0 radical (unpaired) electrons. The SMILES string of the molecule is COC(=O)Nc1ccccc1C1CCCC1. The van der Waals surface area contributed by atoms with Crippen LogP contribution in [-0.4, -0.2) is 13.2 Å². The third kappa shape index (κ3) is 2.35. The molecule has 1 aliphatic rings. The molecule has 2 rings (SSSR count). The first-order valence-corrected chi connectivity index (χ1v) is 5.75. The van der Waals surface area contributed by atoms with Gasteiger partial charge in [0.1, 0.15) is 0 Å². The van der Waals surface area contributed by atoms with Gasteiger partial charge in [-0.15, -0.1) is 0 Å². The number of carbonyl (C=O) groups excluding carboxylic acids is 1. The minimum atomic E-state index is -0.398. The summed E-state index contributed by atoms with van der Waals surface area (Å²) in [7, 11) is 1.38. The maximum atomic E-state index is 11.2. The highest BCUT2D eigenvalue weighted by molar-refractivity contribution is 5.85. The molecule has 1 saturated carbocycles. The van der Waals surface area contributed by atoms with Crippen molar-refractivity contribution in [2.45, 2.75) is 31.6 Å². The summed E-state index contributed by atoms with van der Waals surface area (Å²) in [6, 6.07) is 7.99. The largest absolute Gasteiger partial charge is 0.453 e. The fourth-order valence-corrected chi connectivity index (χ4v) is 2.36. The van der Waals surface area contributed by atoms with Crippen molar-refractivity contribution in [1.82, 2.24) is 0 Å². The van der Waals surface area contributed by atoms with Crippen LogP contribution in [-0.2, 0) is 4.74 Å². The number of ether oxygens (including phenoxy) is 1. The first kappa shape index (κ1) is 11.0. The van der Waals surface area contributed by atoms with E-state index in [2.05, 4.69) is 16.1 Å². The monoisotopic (exact) mass is 219 g/mol. The van der Waals surface area contributed by atoms with E-state index in [4.69, 9.17) is 0 Å². The van der Waals surface area contributed by atoms with Crippen LogP contribution in [0, 0.1) is 0 Å². The molecule has 16 heavy (non-hydrogen) atoms. The Labute approximate surface area is 95.8 Å². The molecule has 0 atom stereocenters. The van der Waals surface area contributed by atoms with Gasteiger partial charge in [0, 0.05) is 5.69 Å². The second kappa shape index (κ2) is 5.01. The molecule has 1 fully saturated rings. The average molecular weight is 219 g/mol. The van der Waals surface area contributed by atoms with Gasteiger partial charge in [-0.3, -0.25) is 5.32 Å². The van der Waals surface area contributed by atoms with Gasteiger partial charge >= 0.3 is 6.09 Å². The Morgan fingerprint density at radius 1 is 1.31 bits per heavy atom. The van der Waals surface area contributed by atoms with Gasteiger partial charge in [-0.2, -0.15) is 0 Å². The van der Waals surface area contributed by atoms with Gasteiger partial charge in [0.05, 0.1) is 7.11 Å². The molecule has 1 N–H and O–H groups in total. The number of methoxy groups -OCH3 is 1. The molecular formula is C13H17NO2. The van der Waals surface area contributed by atoms with Gasteiger partial charge < -0.3 is 4.74 Å². The summed E-state index contributed by atoms with van der Waals surface area (Å²) in [6.07, 6.45) is 4.62. The normalized spacial score (nSPS) is 16.1. The second-order valence-electron chi connectivity index (χ2n) is 4.19. The number of nitrogens with one attached hydrogen (secondary N) is 1. The number of anilines is 1. The maximum Gasteiger partial charge on any atom is 0.411 e. The Bertz CT molecular complexity index is 370. The van der Waals surface area contributed by atoms with Gasteiger partial charge in [-0.1, -0.05) is 31.0 Å². The van der Waals surface area contributed by atoms with Crippen LogP contribution in [0.1, 0.15) is 37.2 Å². The Hall–Kier alpha value is -1.51. The van der Waals surface area contributed by atoms with Crippen molar-refractivity contribution in [3.63, 3.8) is 0 Å². The first-order valence-electron chi connectivity index (χ1n) is 5.75. The number of rotatable bonds is 2. The van der Waals surface area contributed by atoms with E-state index in [1.807, 2.05) is 18.2 Å². The fraction of sp³-hybridized carbons (Fsp3) is 0.462. The van der Waals surface area contributed by atoms with Crippen LogP contribution >= 0.6 is 0 Å². The molecule has 0 saturated heterocycles. The third-order valence-corrected chi connectivity index (χ3v) is 3.18. The van der Waals surface area contributed by atoms with Crippen molar-refractivity contribution in [3.8, 4) is 0 Å². The van der Waals surface area contributed by atoms with E-state index >= 15 is 0 Å². The smallest absolute Gasteiger partial charge is 0.411 e. The van der Waals surface area contributed by atoms with Crippen LogP contribution < -0.4 is 5.32 Å². The summed E-state index contributed by atoms with van der Waals surface area (Å²) in [5.74, 6) is 0.591. The van der Waals surface area contributed by atoms with E-state index < -0.39 is 6.09 Å². The predicted octanol–water partition coefficient (Wildman–Crippen LogP) is 3.52. The molecule has 0 aromatic heterocycles. The summed E-state index contributed by atoms with van der Waals surface area (Å²) in [6.45, 7) is 0. The lowest BCUT2D eigenvalue weighted by Crippen LogP contribution is -2.13. The Morgan fingerprint density at radius 2 is 2.00 bits per heavy atom. The third-order valence-electron chi connectivity index (χ3n) is 3.18. The molecule has 0 bridgehead atoms. The Kier molecular flexibility index (Phi) is 3.44. The molecule has 1 aromatic rings. The maximum absolute atomic E-state index is 11.2. The minimum Gasteiger partial charge on any atom is -0.453 e. The van der Waals surface area contributed by atoms with Crippen LogP contribution in [0.3, 0.4) is 0 Å². The summed E-state index contributed by atoms with van der Waals surface area (Å²) in [4.78, 5) is 11.2. The van der Waals surface area contributed by atoms with E-state index in [-0.39, 0.29) is 0 Å². The molecule has 0 unspecified atom stereocenters. The average Bonchev–Trinajstić information content (AvgIpc) is 2.83. The van der Waals surface area contributed by atoms with E-state index in [1.54, 1.807) is 0 Å². The van der Waals surface area contributed by atoms with Crippen molar-refractivity contribution in [1.29, 1.82) is 0 Å². The van der Waals surface area contributed by atoms with Crippen molar-refractivity contribution < 1.29 is 9.53 Å². The number of carbonyl (C=O) groups is 1. The van der Waals surface area contributed by atoms with Crippen LogP contribution in [0.15, 0.2) is 24.3 Å². The number of para-hydroxylation sites is 1. The van der Waals surface area contributed by atoms with Crippen molar-refractivity contribution >= 4 is 11.8 Å². The highest BCUT2D eigenvalue weighted by Crippen LogP contribution is 2.37. The number of hydrogen-bond acceptors (Lipinski definition) is 2. The summed E-state index contributed by atoms with van der Waals surface area (Å²) in [5.41, 5.74) is 2.13. The highest BCUT2D eigenvalue weighted by atomic mass is 16.5. The van der Waals surface area contributed by atoms with E-state index in [0.29, 0.717) is 5.92 Å². The molecular weight excluding hydrogens is 202 g/mol. The molecule has 3 nitrogen and oxygen atoms in total. The summed E-state index contributed by atoms with van der Waals surface area (Å²) in [5, 5.41) is 2.78. The molecule has 0 aliphatic heterocycles. The first-order chi connectivity index (χ1) is 7.81. The zero-order valence-electron chi connectivity index (χ0n) is 9.53. The van der Waals surface area contributed by atoms with Gasteiger partial charge in [0.25, 0.3) is 0 Å². The van der Waals surface area contributed by atoms with Crippen LogP contribution in [0.4, 0.5) is 10.5 Å². The van der Waals surface area contributed by atoms with Crippen LogP contribution in [0.5, 0.6) is 0 Å². The lowest BCUT2D eigenvalue weighted by atomic mass is 9.96. The molecule has 3 heteroatoms. The zero-order valence-corrected chi connectivity index (χ0v) is 9.53. The standard InChI is InChI=1S/C13H17NO2/c1-16-13(15)14-12-9-5-4-8-11(12)10-6-2-3-7-10/h4-5,8-10H,2-3,6-7H2,1H3,(H,14,15). The second-order valence-corrected chi connectivity index (χ2v) is 4.19. The van der Waals surface area contributed by atoms with E-state index in [9.17, 15) is 4.79 Å². The zero-order chi connectivity index (χ0) is 11.4. The van der Waals surface area contributed by atoms with Gasteiger partial charge in [0.15, 0.2) is 0 Å². The highest BCUT2D eigenvalue weighted by Gasteiger charge is 2.20. The molecule has 86 valence electrons.